The summed E-state index contributed by atoms with van der Waals surface area (Å²) in [6, 6.07) is 15.8. The zero-order valence-corrected chi connectivity index (χ0v) is 21.7. The number of aliphatic hydroxyl groups is 1. The van der Waals surface area contributed by atoms with Crippen LogP contribution in [0.3, 0.4) is 0 Å². The molecule has 0 radical (unpaired) electrons. The molecule has 3 aromatic rings. The van der Waals surface area contributed by atoms with Gasteiger partial charge in [-0.3, -0.25) is 19.3 Å². The number of ketones is 1. The van der Waals surface area contributed by atoms with Gasteiger partial charge in [-0.15, -0.1) is 11.3 Å². The fourth-order valence-corrected chi connectivity index (χ4v) is 5.92. The van der Waals surface area contributed by atoms with Crippen LogP contribution in [0.5, 0.6) is 0 Å². The first-order valence-corrected chi connectivity index (χ1v) is 13.5. The molecule has 1 atom stereocenters. The number of anilines is 1. The van der Waals surface area contributed by atoms with Crippen LogP contribution in [0.2, 0.25) is 0 Å². The highest BCUT2D eigenvalue weighted by Gasteiger charge is 2.47. The minimum atomic E-state index is -0.743. The Labute approximate surface area is 220 Å². The number of fused-ring (bicyclic) bond motifs is 1. The monoisotopic (exact) mass is 515 g/mol. The number of ether oxygens (including phenoxy) is 1. The van der Waals surface area contributed by atoms with E-state index in [1.807, 2.05) is 35.7 Å². The van der Waals surface area contributed by atoms with Crippen LogP contribution in [-0.4, -0.2) is 28.9 Å². The third-order valence-electron chi connectivity index (χ3n) is 6.81. The van der Waals surface area contributed by atoms with E-state index in [2.05, 4.69) is 0 Å². The third-order valence-corrected chi connectivity index (χ3v) is 7.73. The molecule has 1 aliphatic carbocycles. The quantitative estimate of drug-likeness (QED) is 0.196. The summed E-state index contributed by atoms with van der Waals surface area (Å²) in [6.45, 7) is 3.60. The van der Waals surface area contributed by atoms with Crippen molar-refractivity contribution in [3.8, 4) is 0 Å². The van der Waals surface area contributed by atoms with E-state index in [1.165, 1.54) is 27.4 Å². The molecule has 1 amide bonds. The fraction of sp³-hybridized carbons (Fsp3) is 0.300. The molecule has 6 nitrogen and oxygen atoms in total. The minimum Gasteiger partial charge on any atom is -0.507 e. The second-order valence-electron chi connectivity index (χ2n) is 9.76. The van der Waals surface area contributed by atoms with Crippen molar-refractivity contribution >= 4 is 40.4 Å². The number of carbonyl (C=O) groups is 3. The maximum Gasteiger partial charge on any atom is 0.310 e. The fourth-order valence-electron chi connectivity index (χ4n) is 5.10. The normalized spacial score (nSPS) is 18.8. The van der Waals surface area contributed by atoms with Gasteiger partial charge in [-0.2, -0.15) is 0 Å². The van der Waals surface area contributed by atoms with Crippen LogP contribution in [-0.2, 0) is 38.4 Å². The first-order chi connectivity index (χ1) is 17.8. The Balaban J connectivity index is 1.52. The van der Waals surface area contributed by atoms with Gasteiger partial charge < -0.3 is 9.84 Å². The summed E-state index contributed by atoms with van der Waals surface area (Å²) in [7, 11) is 0. The SMILES string of the molecule is CC(C)OC(=O)Cc1ccc(N2C(=O)C(=O)/C(=C(\O)c3ccc4c(c3)CCCC4)C2c2cccs2)cc1. The van der Waals surface area contributed by atoms with E-state index in [1.54, 1.807) is 38.1 Å². The molecule has 1 aliphatic heterocycles. The van der Waals surface area contributed by atoms with Crippen molar-refractivity contribution in [2.24, 2.45) is 0 Å². The number of benzene rings is 2. The molecule has 0 bridgehead atoms. The highest BCUT2D eigenvalue weighted by atomic mass is 32.1. The molecule has 1 aromatic heterocycles. The molecule has 1 fully saturated rings. The average Bonchev–Trinajstić information content (AvgIpc) is 3.50. The van der Waals surface area contributed by atoms with Gasteiger partial charge in [0.2, 0.25) is 0 Å². The largest absolute Gasteiger partial charge is 0.507 e. The molecule has 2 heterocycles. The Bertz CT molecular complexity index is 1370. The number of esters is 1. The van der Waals surface area contributed by atoms with Crippen LogP contribution in [0.25, 0.3) is 5.76 Å². The Morgan fingerprint density at radius 2 is 1.78 bits per heavy atom. The topological polar surface area (TPSA) is 83.9 Å². The zero-order valence-electron chi connectivity index (χ0n) is 20.9. The number of hydrogen-bond donors (Lipinski definition) is 1. The summed E-state index contributed by atoms with van der Waals surface area (Å²) < 4.78 is 5.22. The van der Waals surface area contributed by atoms with E-state index in [4.69, 9.17) is 4.74 Å². The van der Waals surface area contributed by atoms with E-state index < -0.39 is 17.7 Å². The molecule has 5 rings (SSSR count). The Kier molecular flexibility index (Phi) is 6.98. The molecule has 1 N–H and O–H groups in total. The zero-order chi connectivity index (χ0) is 26.1. The van der Waals surface area contributed by atoms with Crippen molar-refractivity contribution in [2.75, 3.05) is 4.90 Å². The van der Waals surface area contributed by atoms with Gasteiger partial charge in [-0.1, -0.05) is 30.3 Å². The minimum absolute atomic E-state index is 0.0906. The number of aliphatic hydroxyl groups excluding tert-OH is 1. The number of thiophene rings is 1. The lowest BCUT2D eigenvalue weighted by Gasteiger charge is -2.24. The Morgan fingerprint density at radius 3 is 2.46 bits per heavy atom. The van der Waals surface area contributed by atoms with Crippen LogP contribution in [0.15, 0.2) is 65.6 Å². The number of hydrogen-bond acceptors (Lipinski definition) is 6. The molecule has 2 aliphatic rings. The van der Waals surface area contributed by atoms with E-state index in [9.17, 15) is 19.5 Å². The maximum absolute atomic E-state index is 13.3. The second kappa shape index (κ2) is 10.3. The first kappa shape index (κ1) is 25.0. The summed E-state index contributed by atoms with van der Waals surface area (Å²) in [4.78, 5) is 40.9. The van der Waals surface area contributed by atoms with E-state index in [0.717, 1.165) is 36.1 Å². The van der Waals surface area contributed by atoms with Crippen LogP contribution in [0, 0.1) is 0 Å². The number of aryl methyl sites for hydroxylation is 2. The molecule has 37 heavy (non-hydrogen) atoms. The lowest BCUT2D eigenvalue weighted by Crippen LogP contribution is -2.29. The molecular formula is C30H29NO5S. The van der Waals surface area contributed by atoms with Crippen LogP contribution >= 0.6 is 11.3 Å². The van der Waals surface area contributed by atoms with Crippen molar-refractivity contribution in [3.05, 3.63) is 92.7 Å². The van der Waals surface area contributed by atoms with Crippen molar-refractivity contribution in [3.63, 3.8) is 0 Å². The summed E-state index contributed by atoms with van der Waals surface area (Å²) >= 11 is 1.43. The average molecular weight is 516 g/mol. The van der Waals surface area contributed by atoms with E-state index >= 15 is 0 Å². The van der Waals surface area contributed by atoms with Crippen LogP contribution < -0.4 is 4.90 Å². The van der Waals surface area contributed by atoms with Gasteiger partial charge in [-0.25, -0.2) is 0 Å². The Hall–Kier alpha value is -3.71. The highest BCUT2D eigenvalue weighted by molar-refractivity contribution is 7.10. The van der Waals surface area contributed by atoms with Crippen molar-refractivity contribution in [1.82, 2.24) is 0 Å². The van der Waals surface area contributed by atoms with Gasteiger partial charge in [0.1, 0.15) is 11.8 Å². The summed E-state index contributed by atoms with van der Waals surface area (Å²) in [5.74, 6) is -1.88. The third kappa shape index (κ3) is 4.96. The highest BCUT2D eigenvalue weighted by Crippen LogP contribution is 2.43. The smallest absolute Gasteiger partial charge is 0.310 e. The Morgan fingerprint density at radius 1 is 1.05 bits per heavy atom. The van der Waals surface area contributed by atoms with Crippen LogP contribution in [0.1, 0.15) is 59.9 Å². The molecule has 1 saturated heterocycles. The number of amides is 1. The molecule has 190 valence electrons. The maximum atomic E-state index is 13.3. The standard InChI is InChI=1S/C30H29NO5S/c1-18(2)36-25(32)16-19-9-13-23(14-10-19)31-27(24-8-5-15-37-24)26(29(34)30(31)35)28(33)22-12-11-20-6-3-4-7-21(20)17-22/h5,8-15,17-18,27,33H,3-4,6-7,16H2,1-2H3/b28-26-. The van der Waals surface area contributed by atoms with Crippen molar-refractivity contribution < 1.29 is 24.2 Å². The number of nitrogens with zero attached hydrogens (tertiary/aromatic N) is 1. The van der Waals surface area contributed by atoms with Crippen LogP contribution in [0.4, 0.5) is 5.69 Å². The van der Waals surface area contributed by atoms with Gasteiger partial charge in [-0.05, 0) is 85.9 Å². The molecule has 0 spiro atoms. The van der Waals surface area contributed by atoms with Gasteiger partial charge in [0.05, 0.1) is 18.1 Å². The first-order valence-electron chi connectivity index (χ1n) is 12.6. The summed E-state index contributed by atoms with van der Waals surface area (Å²) in [6.07, 6.45) is 4.13. The molecule has 1 unspecified atom stereocenters. The van der Waals surface area contributed by atoms with E-state index in [-0.39, 0.29) is 29.8 Å². The van der Waals surface area contributed by atoms with Crippen molar-refractivity contribution in [1.29, 1.82) is 0 Å². The number of carbonyl (C=O) groups excluding carboxylic acids is 3. The molecule has 2 aromatic carbocycles. The lowest BCUT2D eigenvalue weighted by molar-refractivity contribution is -0.146. The van der Waals surface area contributed by atoms with Gasteiger partial charge in [0, 0.05) is 16.1 Å². The summed E-state index contributed by atoms with van der Waals surface area (Å²) in [5, 5.41) is 13.3. The second-order valence-corrected chi connectivity index (χ2v) is 10.7. The van der Waals surface area contributed by atoms with Gasteiger partial charge in [0.25, 0.3) is 11.7 Å². The van der Waals surface area contributed by atoms with E-state index in [0.29, 0.717) is 11.3 Å². The number of rotatable bonds is 6. The summed E-state index contributed by atoms with van der Waals surface area (Å²) in [5.41, 5.74) is 4.37. The molecule has 0 saturated carbocycles. The van der Waals surface area contributed by atoms with Gasteiger partial charge >= 0.3 is 5.97 Å². The predicted octanol–water partition coefficient (Wildman–Crippen LogP) is 5.75. The molecular weight excluding hydrogens is 486 g/mol. The molecule has 7 heteroatoms. The van der Waals surface area contributed by atoms with Crippen molar-refractivity contribution in [2.45, 2.75) is 58.1 Å². The predicted molar refractivity (Wildman–Crippen MR) is 144 cm³/mol. The number of Topliss-reactive ketones (excluding diaryl/α,β-unsaturated/α-hetero) is 1. The van der Waals surface area contributed by atoms with Gasteiger partial charge in [0.15, 0.2) is 0 Å². The lowest BCUT2D eigenvalue weighted by atomic mass is 9.89.